The molecule has 3 aromatic heterocycles. The SMILES string of the molecule is CC(C)(C)CC(C)(C)Nc1nc(-c2ccncc2)nc2cnccc12. The fourth-order valence-electron chi connectivity index (χ4n) is 3.40. The molecule has 0 amide bonds. The van der Waals surface area contributed by atoms with E-state index in [0.717, 1.165) is 28.7 Å². The zero-order chi connectivity index (χ0) is 18.1. The molecule has 0 aromatic carbocycles. The summed E-state index contributed by atoms with van der Waals surface area (Å²) in [6, 6.07) is 5.80. The van der Waals surface area contributed by atoms with E-state index in [-0.39, 0.29) is 11.0 Å². The molecule has 3 heterocycles. The Morgan fingerprint density at radius 1 is 0.880 bits per heavy atom. The topological polar surface area (TPSA) is 63.6 Å². The Kier molecular flexibility index (Phi) is 4.41. The summed E-state index contributed by atoms with van der Waals surface area (Å²) in [4.78, 5) is 17.8. The number of rotatable bonds is 4. The highest BCUT2D eigenvalue weighted by atomic mass is 15.1. The van der Waals surface area contributed by atoms with Crippen molar-refractivity contribution in [3.63, 3.8) is 0 Å². The van der Waals surface area contributed by atoms with E-state index < -0.39 is 0 Å². The Labute approximate surface area is 149 Å². The fraction of sp³-hybridized carbons (Fsp3) is 0.400. The van der Waals surface area contributed by atoms with Gasteiger partial charge in [-0.05, 0) is 43.9 Å². The summed E-state index contributed by atoms with van der Waals surface area (Å²) in [5.74, 6) is 1.52. The average molecular weight is 335 g/mol. The van der Waals surface area contributed by atoms with Crippen LogP contribution < -0.4 is 5.32 Å². The van der Waals surface area contributed by atoms with Crippen molar-refractivity contribution >= 4 is 16.7 Å². The maximum absolute atomic E-state index is 4.81. The molecule has 0 saturated carbocycles. The molecule has 3 aromatic rings. The quantitative estimate of drug-likeness (QED) is 0.748. The van der Waals surface area contributed by atoms with Gasteiger partial charge in [0.05, 0.1) is 11.7 Å². The lowest BCUT2D eigenvalue weighted by Gasteiger charge is -2.34. The Hall–Kier alpha value is -2.56. The molecule has 0 bridgehead atoms. The first-order valence-corrected chi connectivity index (χ1v) is 8.54. The molecule has 0 atom stereocenters. The van der Waals surface area contributed by atoms with E-state index in [1.165, 1.54) is 0 Å². The van der Waals surface area contributed by atoms with Crippen LogP contribution in [0.2, 0.25) is 0 Å². The van der Waals surface area contributed by atoms with E-state index in [1.54, 1.807) is 24.8 Å². The number of hydrogen-bond donors (Lipinski definition) is 1. The smallest absolute Gasteiger partial charge is 0.162 e. The van der Waals surface area contributed by atoms with Gasteiger partial charge in [0.25, 0.3) is 0 Å². The van der Waals surface area contributed by atoms with Gasteiger partial charge in [-0.2, -0.15) is 0 Å². The summed E-state index contributed by atoms with van der Waals surface area (Å²) >= 11 is 0. The van der Waals surface area contributed by atoms with Crippen LogP contribution in [0.4, 0.5) is 5.82 Å². The third-order valence-corrected chi connectivity index (χ3v) is 3.87. The van der Waals surface area contributed by atoms with Crippen LogP contribution in [0.1, 0.15) is 41.0 Å². The molecule has 0 aliphatic heterocycles. The van der Waals surface area contributed by atoms with Gasteiger partial charge in [-0.1, -0.05) is 20.8 Å². The van der Waals surface area contributed by atoms with Crippen molar-refractivity contribution < 1.29 is 0 Å². The van der Waals surface area contributed by atoms with Crippen LogP contribution in [-0.4, -0.2) is 25.5 Å². The molecular weight excluding hydrogens is 310 g/mol. The first-order valence-electron chi connectivity index (χ1n) is 8.54. The van der Waals surface area contributed by atoms with Gasteiger partial charge in [0.1, 0.15) is 5.82 Å². The van der Waals surface area contributed by atoms with E-state index in [2.05, 4.69) is 54.9 Å². The minimum Gasteiger partial charge on any atom is -0.365 e. The normalized spacial score (nSPS) is 12.4. The second-order valence-corrected chi connectivity index (χ2v) is 8.27. The summed E-state index contributed by atoms with van der Waals surface area (Å²) in [5.41, 5.74) is 1.89. The molecule has 0 aliphatic rings. The molecule has 0 spiro atoms. The average Bonchev–Trinajstić information content (AvgIpc) is 2.53. The zero-order valence-electron chi connectivity index (χ0n) is 15.5. The van der Waals surface area contributed by atoms with Crippen molar-refractivity contribution in [1.82, 2.24) is 19.9 Å². The second-order valence-electron chi connectivity index (χ2n) is 8.27. The van der Waals surface area contributed by atoms with Crippen LogP contribution in [0.15, 0.2) is 43.0 Å². The first kappa shape index (κ1) is 17.3. The van der Waals surface area contributed by atoms with Crippen LogP contribution in [0.5, 0.6) is 0 Å². The molecule has 0 radical (unpaired) electrons. The van der Waals surface area contributed by atoms with Gasteiger partial charge in [0, 0.05) is 35.1 Å². The van der Waals surface area contributed by atoms with Crippen molar-refractivity contribution in [1.29, 1.82) is 0 Å². The molecular formula is C20H25N5. The zero-order valence-corrected chi connectivity index (χ0v) is 15.5. The lowest BCUT2D eigenvalue weighted by atomic mass is 9.82. The first-order chi connectivity index (χ1) is 11.7. The van der Waals surface area contributed by atoms with E-state index >= 15 is 0 Å². The summed E-state index contributed by atoms with van der Waals surface area (Å²) in [6.07, 6.45) is 8.08. The van der Waals surface area contributed by atoms with Crippen molar-refractivity contribution in [2.75, 3.05) is 5.32 Å². The molecule has 5 heteroatoms. The van der Waals surface area contributed by atoms with Crippen molar-refractivity contribution in [2.45, 2.75) is 46.6 Å². The largest absolute Gasteiger partial charge is 0.365 e. The molecule has 25 heavy (non-hydrogen) atoms. The van der Waals surface area contributed by atoms with Crippen molar-refractivity contribution in [3.05, 3.63) is 43.0 Å². The maximum atomic E-state index is 4.81. The number of aromatic nitrogens is 4. The number of nitrogens with one attached hydrogen (secondary N) is 1. The van der Waals surface area contributed by atoms with Crippen LogP contribution in [-0.2, 0) is 0 Å². The summed E-state index contributed by atoms with van der Waals surface area (Å²) in [6.45, 7) is 11.2. The maximum Gasteiger partial charge on any atom is 0.162 e. The summed E-state index contributed by atoms with van der Waals surface area (Å²) in [5, 5.41) is 4.61. The van der Waals surface area contributed by atoms with Gasteiger partial charge in [-0.3, -0.25) is 9.97 Å². The van der Waals surface area contributed by atoms with Crippen LogP contribution in [0.25, 0.3) is 22.3 Å². The predicted octanol–water partition coefficient (Wildman–Crippen LogP) is 4.71. The van der Waals surface area contributed by atoms with Gasteiger partial charge in [0.2, 0.25) is 0 Å². The third-order valence-electron chi connectivity index (χ3n) is 3.87. The van der Waals surface area contributed by atoms with Crippen molar-refractivity contribution in [2.24, 2.45) is 5.41 Å². The van der Waals surface area contributed by atoms with Gasteiger partial charge < -0.3 is 5.32 Å². The monoisotopic (exact) mass is 335 g/mol. The molecule has 1 N–H and O–H groups in total. The van der Waals surface area contributed by atoms with Crippen LogP contribution in [0, 0.1) is 5.41 Å². The standard InChI is InChI=1S/C20H25N5/c1-19(2,3)13-20(4,5)25-18-15-8-11-22-12-16(15)23-17(24-18)14-6-9-21-10-7-14/h6-12H,13H2,1-5H3,(H,23,24,25). The molecule has 0 unspecified atom stereocenters. The lowest BCUT2D eigenvalue weighted by Crippen LogP contribution is -2.35. The lowest BCUT2D eigenvalue weighted by molar-refractivity contribution is 0.302. The number of fused-ring (bicyclic) bond motifs is 1. The Bertz CT molecular complexity index is 866. The number of hydrogen-bond acceptors (Lipinski definition) is 5. The molecule has 0 fully saturated rings. The highest BCUT2D eigenvalue weighted by Gasteiger charge is 2.26. The van der Waals surface area contributed by atoms with E-state index in [9.17, 15) is 0 Å². The Morgan fingerprint density at radius 3 is 2.24 bits per heavy atom. The molecule has 130 valence electrons. The van der Waals surface area contributed by atoms with Gasteiger partial charge >= 0.3 is 0 Å². The molecule has 0 aliphatic carbocycles. The predicted molar refractivity (Wildman–Crippen MR) is 102 cm³/mol. The number of nitrogens with zero attached hydrogens (tertiary/aromatic N) is 4. The van der Waals surface area contributed by atoms with E-state index in [1.807, 2.05) is 18.2 Å². The van der Waals surface area contributed by atoms with Crippen molar-refractivity contribution in [3.8, 4) is 11.4 Å². The van der Waals surface area contributed by atoms with Gasteiger partial charge in [-0.25, -0.2) is 9.97 Å². The fourth-order valence-corrected chi connectivity index (χ4v) is 3.40. The highest BCUT2D eigenvalue weighted by molar-refractivity contribution is 5.90. The number of anilines is 1. The minimum absolute atomic E-state index is 0.0989. The van der Waals surface area contributed by atoms with Gasteiger partial charge in [0.15, 0.2) is 5.82 Å². The Balaban J connectivity index is 2.07. The molecule has 0 saturated heterocycles. The number of pyridine rings is 2. The molecule has 5 nitrogen and oxygen atoms in total. The molecule has 3 rings (SSSR count). The highest BCUT2D eigenvalue weighted by Crippen LogP contribution is 2.32. The summed E-state index contributed by atoms with van der Waals surface area (Å²) in [7, 11) is 0. The van der Waals surface area contributed by atoms with Gasteiger partial charge in [-0.15, -0.1) is 0 Å². The summed E-state index contributed by atoms with van der Waals surface area (Å²) < 4.78 is 0. The van der Waals surface area contributed by atoms with E-state index in [0.29, 0.717) is 5.82 Å². The Morgan fingerprint density at radius 2 is 1.56 bits per heavy atom. The van der Waals surface area contributed by atoms with E-state index in [4.69, 9.17) is 4.98 Å². The van der Waals surface area contributed by atoms with Crippen LogP contribution >= 0.6 is 0 Å². The van der Waals surface area contributed by atoms with Crippen LogP contribution in [0.3, 0.4) is 0 Å². The minimum atomic E-state index is -0.0989. The third kappa shape index (κ3) is 4.29. The second kappa shape index (κ2) is 6.39.